The van der Waals surface area contributed by atoms with Crippen LogP contribution in [0.4, 0.5) is 28.9 Å². The lowest BCUT2D eigenvalue weighted by molar-refractivity contribution is 0.00578. The van der Waals surface area contributed by atoms with E-state index in [0.717, 1.165) is 92.4 Å². The molecule has 1 saturated heterocycles. The molecule has 0 unspecified atom stereocenters. The number of hydrogen-bond donors (Lipinski definition) is 3. The number of aliphatic hydroxyl groups is 1. The summed E-state index contributed by atoms with van der Waals surface area (Å²) in [5.41, 5.74) is 9.83. The van der Waals surface area contributed by atoms with Crippen LogP contribution >= 0.6 is 11.6 Å². The molecule has 0 bridgehead atoms. The first-order valence-electron chi connectivity index (χ1n) is 33.2. The van der Waals surface area contributed by atoms with E-state index in [1.807, 2.05) is 64.1 Å². The number of carbonyl (C=O) groups is 2. The molecule has 3 fully saturated rings. The number of amides is 2. The smallest absolute Gasteiger partial charge is 0.455 e. The number of carbonyl (C=O) groups excluding carboxylic acids is 2. The lowest BCUT2D eigenvalue weighted by Crippen LogP contribution is -2.41. The molecule has 5 aromatic heterocycles. The number of nitrogens with one attached hydrogen (secondary N) is 2. The Morgan fingerprint density at radius 2 is 1.13 bits per heavy atom. The molecule has 26 heteroatoms. The molecule has 7 heterocycles. The fraction of sp³-hybridized carbons (Fsp3) is 0.273. The van der Waals surface area contributed by atoms with E-state index in [9.17, 15) is 49.1 Å². The van der Waals surface area contributed by atoms with Gasteiger partial charge in [0.05, 0.1) is 81.1 Å². The minimum atomic E-state index is -3.74. The Bertz CT molecular complexity index is 5600. The van der Waals surface area contributed by atoms with Gasteiger partial charge >= 0.3 is 7.12 Å². The van der Waals surface area contributed by atoms with Crippen LogP contribution in [-0.2, 0) is 53.2 Å². The monoisotopic (exact) mass is 1460 g/mol. The predicted molar refractivity (Wildman–Crippen MR) is 392 cm³/mol. The van der Waals surface area contributed by atoms with E-state index >= 15 is 0 Å². The van der Waals surface area contributed by atoms with Crippen LogP contribution in [0.1, 0.15) is 96.3 Å². The summed E-state index contributed by atoms with van der Waals surface area (Å²) in [5, 5.41) is 16.7. The van der Waals surface area contributed by atoms with Crippen molar-refractivity contribution in [2.45, 2.75) is 88.4 Å². The maximum Gasteiger partial charge on any atom is 0.490 e. The molecule has 103 heavy (non-hydrogen) atoms. The van der Waals surface area contributed by atoms with Crippen LogP contribution in [0.15, 0.2) is 154 Å². The summed E-state index contributed by atoms with van der Waals surface area (Å²) in [6.45, 7) is 8.78. The van der Waals surface area contributed by atoms with Gasteiger partial charge in [0, 0.05) is 102 Å². The van der Waals surface area contributed by atoms with Crippen LogP contribution in [0.3, 0.4) is 0 Å². The van der Waals surface area contributed by atoms with Crippen molar-refractivity contribution < 1.29 is 67.2 Å². The fourth-order valence-electron chi connectivity index (χ4n) is 13.8. The van der Waals surface area contributed by atoms with Crippen molar-refractivity contribution in [2.75, 3.05) is 55.9 Å². The van der Waals surface area contributed by atoms with Crippen LogP contribution in [0.5, 0.6) is 0 Å². The number of furan rings is 2. The molecule has 11 aromatic rings. The molecule has 0 atom stereocenters. The SMILES string of the molecule is CC1(C)OB(C2=Cc3c(F)cccc3C2)OC1(C)C.CNC(=O)c1c(-c2ccc(F)cc2)oc2cc(N(C)S(C)(=O)=O)c(-c3ccc(C4(CO)CC4)c(Cl)n3)cc12.CNC(=O)c1c(-c2ccc(F)cc2)oc2cc(N(C)S(C)(=O)=O)c(-c3ccc4c(n3)-c3cc5c(F)cccc5n3CC43CC3)cc12. The van der Waals surface area contributed by atoms with Crippen LogP contribution in [-0.4, -0.2) is 114 Å². The molecule has 530 valence electrons. The molecule has 5 aliphatic rings. The number of halogens is 5. The first-order valence-corrected chi connectivity index (χ1v) is 37.3. The van der Waals surface area contributed by atoms with E-state index in [-0.39, 0.29) is 86.6 Å². The molecule has 3 N–H and O–H groups in total. The zero-order valence-electron chi connectivity index (χ0n) is 57.9. The molecule has 6 aromatic carbocycles. The van der Waals surface area contributed by atoms with E-state index in [4.69, 9.17) is 34.7 Å². The van der Waals surface area contributed by atoms with Gasteiger partial charge in [0.25, 0.3) is 11.8 Å². The number of rotatable bonds is 13. The van der Waals surface area contributed by atoms with Gasteiger partial charge in [0.2, 0.25) is 20.0 Å². The lowest BCUT2D eigenvalue weighted by Gasteiger charge is -2.32. The molecule has 3 aliphatic carbocycles. The van der Waals surface area contributed by atoms with Gasteiger partial charge in [-0.05, 0) is 179 Å². The van der Waals surface area contributed by atoms with Gasteiger partial charge in [-0.3, -0.25) is 18.2 Å². The van der Waals surface area contributed by atoms with Crippen molar-refractivity contribution in [3.05, 3.63) is 207 Å². The Morgan fingerprint density at radius 1 is 0.631 bits per heavy atom. The molecule has 0 radical (unpaired) electrons. The first kappa shape index (κ1) is 70.4. The second-order valence-electron chi connectivity index (χ2n) is 27.9. The summed E-state index contributed by atoms with van der Waals surface area (Å²) in [6, 6.07) is 37.1. The van der Waals surface area contributed by atoms with Gasteiger partial charge in [-0.2, -0.15) is 0 Å². The van der Waals surface area contributed by atoms with Crippen molar-refractivity contribution in [2.24, 2.45) is 0 Å². The van der Waals surface area contributed by atoms with Gasteiger partial charge in [-0.1, -0.05) is 48.0 Å². The second-order valence-corrected chi connectivity index (χ2v) is 32.3. The minimum absolute atomic E-state index is 0.0432. The Labute approximate surface area is 597 Å². The molecule has 2 saturated carbocycles. The Balaban J connectivity index is 0.000000141. The topological polar surface area (TPSA) is 229 Å². The highest BCUT2D eigenvalue weighted by Gasteiger charge is 2.53. The number of hydrogen-bond acceptors (Lipinski definition) is 13. The number of aliphatic hydroxyl groups excluding tert-OH is 1. The van der Waals surface area contributed by atoms with Crippen molar-refractivity contribution in [1.82, 2.24) is 25.2 Å². The maximum absolute atomic E-state index is 14.9. The summed E-state index contributed by atoms with van der Waals surface area (Å²) in [7, 11) is -1.97. The number of pyridine rings is 2. The van der Waals surface area contributed by atoms with Crippen molar-refractivity contribution in [3.8, 4) is 56.6 Å². The highest BCUT2D eigenvalue weighted by Crippen LogP contribution is 2.57. The van der Waals surface area contributed by atoms with Crippen LogP contribution in [0, 0.1) is 23.3 Å². The third-order valence-electron chi connectivity index (χ3n) is 20.9. The number of nitrogens with zero attached hydrogens (tertiary/aromatic N) is 5. The van der Waals surface area contributed by atoms with Gasteiger partial charge in [0.15, 0.2) is 0 Å². The summed E-state index contributed by atoms with van der Waals surface area (Å²) in [6.07, 6.45) is 8.32. The first-order chi connectivity index (χ1) is 48.8. The van der Waals surface area contributed by atoms with Crippen LogP contribution in [0.25, 0.3) is 95.5 Å². The fourth-order valence-corrected chi connectivity index (χ4v) is 15.2. The molecule has 16 rings (SSSR count). The quantitative estimate of drug-likeness (QED) is 0.0555. The maximum atomic E-state index is 14.9. The van der Waals surface area contributed by atoms with E-state index in [1.54, 1.807) is 42.5 Å². The zero-order chi connectivity index (χ0) is 73.4. The molecule has 2 aliphatic heterocycles. The van der Waals surface area contributed by atoms with Gasteiger partial charge in [-0.25, -0.2) is 44.4 Å². The van der Waals surface area contributed by atoms with Crippen molar-refractivity contribution in [3.63, 3.8) is 0 Å². The van der Waals surface area contributed by atoms with E-state index < -0.39 is 48.9 Å². The van der Waals surface area contributed by atoms with Gasteiger partial charge in [0.1, 0.15) is 51.1 Å². The highest BCUT2D eigenvalue weighted by atomic mass is 35.5. The van der Waals surface area contributed by atoms with E-state index in [1.165, 1.54) is 94.9 Å². The third kappa shape index (κ3) is 12.5. The van der Waals surface area contributed by atoms with Crippen molar-refractivity contribution >= 4 is 101 Å². The summed E-state index contributed by atoms with van der Waals surface area (Å²) in [4.78, 5) is 36.0. The molecule has 2 amide bonds. The summed E-state index contributed by atoms with van der Waals surface area (Å²) < 4.78 is 136. The number of anilines is 2. The van der Waals surface area contributed by atoms with Gasteiger partial charge < -0.3 is 38.5 Å². The Kier molecular flexibility index (Phi) is 17.5. The van der Waals surface area contributed by atoms with Crippen molar-refractivity contribution in [1.29, 1.82) is 0 Å². The van der Waals surface area contributed by atoms with E-state index in [0.29, 0.717) is 67.5 Å². The van der Waals surface area contributed by atoms with E-state index in [2.05, 4.69) is 20.2 Å². The lowest BCUT2D eigenvalue weighted by atomic mass is 9.77. The summed E-state index contributed by atoms with van der Waals surface area (Å²) in [5.74, 6) is -1.77. The Hall–Kier alpha value is -9.63. The zero-order valence-corrected chi connectivity index (χ0v) is 60.2. The second kappa shape index (κ2) is 25.7. The number of allylic oxidation sites excluding steroid dienone is 1. The molecule has 18 nitrogen and oxygen atoms in total. The Morgan fingerprint density at radius 3 is 1.59 bits per heavy atom. The minimum Gasteiger partial charge on any atom is -0.455 e. The average Bonchev–Trinajstić information content (AvgIpc) is 1.55. The number of benzene rings is 6. The molecular formula is C77H71BClF4N7O11S2. The predicted octanol–water partition coefficient (Wildman–Crippen LogP) is 15.0. The number of aromatic nitrogens is 3. The number of fused-ring (bicyclic) bond motifs is 9. The highest BCUT2D eigenvalue weighted by molar-refractivity contribution is 7.92. The molecule has 1 spiro atoms. The number of sulfonamides is 2. The van der Waals surface area contributed by atoms with Crippen LogP contribution in [0.2, 0.25) is 5.15 Å². The largest absolute Gasteiger partial charge is 0.490 e. The third-order valence-corrected chi connectivity index (χ3v) is 23.5. The standard InChI is InChI=1S/C35H28F2N4O4S.C27H25ClFN3O5S.C15H18BFO2/c1-38-34(42)31-23-15-22(28(40(2)46(3,43)44)17-30(23)45-33(31)19-7-9-20(36)10-8-19)26-12-11-24-32(39-26)29-16-21-25(37)5-4-6-27(21)41(29)18-35(24)13-14-35;1-30-26(34)23-18-12-17(20-9-8-19(25(28)31-20)27(14-33)10-11-27)21(32(2)38(3,35)36)13-22(18)37-24(23)15-4-6-16(29)7-5-15;1-14(2)15(3,4)19-16(18-14)11-8-10-6-5-7-13(17)12(10)9-11/h4-12,15-17H,13-14,18H2,1-3H3,(H,38,42);4-9,12-13,33H,10-11,14H2,1-3H3,(H,30,34);5-7,9H,8H2,1-4H3. The van der Waals surface area contributed by atoms with Crippen LogP contribution < -0.4 is 19.2 Å². The normalized spacial score (nSPS) is 16.3. The summed E-state index contributed by atoms with van der Waals surface area (Å²) >= 11 is 6.56. The van der Waals surface area contributed by atoms with Gasteiger partial charge in [-0.15, -0.1) is 0 Å². The molecular weight excluding hydrogens is 1390 g/mol. The average molecular weight is 1460 g/mol.